The molecule has 2 N–H and O–H groups in total. The first-order chi connectivity index (χ1) is 7.20. The first-order valence-electron chi connectivity index (χ1n) is 5.82. The van der Waals surface area contributed by atoms with Crippen LogP contribution in [0.1, 0.15) is 26.2 Å². The van der Waals surface area contributed by atoms with Gasteiger partial charge in [0, 0.05) is 19.7 Å². The van der Waals surface area contributed by atoms with Gasteiger partial charge in [0.25, 0.3) is 0 Å². The molecular weight excluding hydrogens is 228 g/mol. The molecule has 1 amide bonds. The summed E-state index contributed by atoms with van der Waals surface area (Å²) < 4.78 is 5.62. The summed E-state index contributed by atoms with van der Waals surface area (Å²) in [5, 5.41) is 6.20. The van der Waals surface area contributed by atoms with E-state index in [1.807, 2.05) is 0 Å². The monoisotopic (exact) mass is 248 g/mol. The van der Waals surface area contributed by atoms with Crippen LogP contribution in [0.2, 0.25) is 0 Å². The zero-order valence-corrected chi connectivity index (χ0v) is 10.6. The Hall–Kier alpha value is -0.320. The zero-order valence-electron chi connectivity index (χ0n) is 9.75. The van der Waals surface area contributed by atoms with Crippen LogP contribution in [0.15, 0.2) is 0 Å². The minimum absolute atomic E-state index is 0. The van der Waals surface area contributed by atoms with Gasteiger partial charge in [0.1, 0.15) is 0 Å². The number of hydrogen-bond donors (Lipinski definition) is 2. The van der Waals surface area contributed by atoms with Crippen molar-refractivity contribution < 1.29 is 9.53 Å². The van der Waals surface area contributed by atoms with E-state index in [-0.39, 0.29) is 29.8 Å². The van der Waals surface area contributed by atoms with Crippen molar-refractivity contribution in [2.75, 3.05) is 26.2 Å². The standard InChI is InChI=1S/C11H20N2O2.ClH/c1-11(4-2-6-15-11)8-13-10(14)9-3-5-12-7-9;/h9,12H,2-8H2,1H3,(H,13,14);1H/t9-,11?;/m0./s1. The van der Waals surface area contributed by atoms with E-state index < -0.39 is 0 Å². The summed E-state index contributed by atoms with van der Waals surface area (Å²) in [5.74, 6) is 0.340. The number of amides is 1. The lowest BCUT2D eigenvalue weighted by Crippen LogP contribution is -2.42. The van der Waals surface area contributed by atoms with Gasteiger partial charge in [0.2, 0.25) is 5.91 Å². The maximum atomic E-state index is 11.7. The third-order valence-corrected chi connectivity index (χ3v) is 3.37. The fourth-order valence-electron chi connectivity index (χ4n) is 2.27. The van der Waals surface area contributed by atoms with Gasteiger partial charge in [0.05, 0.1) is 11.5 Å². The second-order valence-corrected chi connectivity index (χ2v) is 4.81. The highest BCUT2D eigenvalue weighted by molar-refractivity contribution is 5.85. The topological polar surface area (TPSA) is 50.4 Å². The van der Waals surface area contributed by atoms with E-state index >= 15 is 0 Å². The number of halogens is 1. The highest BCUT2D eigenvalue weighted by Crippen LogP contribution is 2.24. The summed E-state index contributed by atoms with van der Waals surface area (Å²) >= 11 is 0. The van der Waals surface area contributed by atoms with E-state index in [2.05, 4.69) is 17.6 Å². The van der Waals surface area contributed by atoms with Crippen LogP contribution < -0.4 is 10.6 Å². The molecule has 1 unspecified atom stereocenters. The number of rotatable bonds is 3. The minimum atomic E-state index is -0.123. The van der Waals surface area contributed by atoms with Crippen molar-refractivity contribution in [2.45, 2.75) is 31.8 Å². The summed E-state index contributed by atoms with van der Waals surface area (Å²) in [5.41, 5.74) is -0.123. The maximum Gasteiger partial charge on any atom is 0.224 e. The molecule has 2 fully saturated rings. The number of carbonyl (C=O) groups excluding carboxylic acids is 1. The Labute approximate surface area is 103 Å². The van der Waals surface area contributed by atoms with Crippen molar-refractivity contribution >= 4 is 18.3 Å². The number of hydrogen-bond acceptors (Lipinski definition) is 3. The number of nitrogens with one attached hydrogen (secondary N) is 2. The summed E-state index contributed by atoms with van der Waals surface area (Å²) in [7, 11) is 0. The molecule has 2 aliphatic rings. The quantitative estimate of drug-likeness (QED) is 0.773. The van der Waals surface area contributed by atoms with Gasteiger partial charge < -0.3 is 15.4 Å². The third kappa shape index (κ3) is 3.34. The number of ether oxygens (including phenoxy) is 1. The lowest BCUT2D eigenvalue weighted by atomic mass is 10.0. The first kappa shape index (κ1) is 13.7. The molecule has 2 heterocycles. The van der Waals surface area contributed by atoms with Crippen molar-refractivity contribution in [3.8, 4) is 0 Å². The van der Waals surface area contributed by atoms with E-state index in [9.17, 15) is 4.79 Å². The van der Waals surface area contributed by atoms with Crippen molar-refractivity contribution in [1.29, 1.82) is 0 Å². The van der Waals surface area contributed by atoms with Gasteiger partial charge in [-0.1, -0.05) is 0 Å². The van der Waals surface area contributed by atoms with Crippen LogP contribution in [0, 0.1) is 5.92 Å². The van der Waals surface area contributed by atoms with Crippen molar-refractivity contribution in [2.24, 2.45) is 5.92 Å². The smallest absolute Gasteiger partial charge is 0.224 e. The Kier molecular flexibility index (Phi) is 5.02. The van der Waals surface area contributed by atoms with Gasteiger partial charge in [-0.2, -0.15) is 0 Å². The third-order valence-electron chi connectivity index (χ3n) is 3.37. The highest BCUT2D eigenvalue weighted by atomic mass is 35.5. The van der Waals surface area contributed by atoms with E-state index in [4.69, 9.17) is 4.74 Å². The van der Waals surface area contributed by atoms with E-state index in [0.717, 1.165) is 39.0 Å². The van der Waals surface area contributed by atoms with Crippen LogP contribution in [0.5, 0.6) is 0 Å². The lowest BCUT2D eigenvalue weighted by molar-refractivity contribution is -0.125. The zero-order chi connectivity index (χ0) is 10.7. The van der Waals surface area contributed by atoms with Crippen molar-refractivity contribution in [3.63, 3.8) is 0 Å². The maximum absolute atomic E-state index is 11.7. The molecule has 0 radical (unpaired) electrons. The molecule has 0 aliphatic carbocycles. The summed E-state index contributed by atoms with van der Waals surface area (Å²) in [4.78, 5) is 11.7. The average Bonchev–Trinajstić information content (AvgIpc) is 2.85. The minimum Gasteiger partial charge on any atom is -0.373 e. The Morgan fingerprint density at radius 3 is 3.00 bits per heavy atom. The highest BCUT2D eigenvalue weighted by Gasteiger charge is 2.31. The van der Waals surface area contributed by atoms with E-state index in [1.165, 1.54) is 0 Å². The predicted molar refractivity (Wildman–Crippen MR) is 64.8 cm³/mol. The average molecular weight is 249 g/mol. The van der Waals surface area contributed by atoms with E-state index in [0.29, 0.717) is 6.54 Å². The molecule has 0 bridgehead atoms. The predicted octanol–water partition coefficient (Wildman–Crippen LogP) is 0.703. The van der Waals surface area contributed by atoms with Crippen LogP contribution in [-0.2, 0) is 9.53 Å². The molecule has 4 nitrogen and oxygen atoms in total. The molecule has 0 saturated carbocycles. The van der Waals surface area contributed by atoms with Gasteiger partial charge in [-0.15, -0.1) is 12.4 Å². The van der Waals surface area contributed by atoms with Gasteiger partial charge in [-0.3, -0.25) is 4.79 Å². The molecule has 0 aromatic heterocycles. The summed E-state index contributed by atoms with van der Waals surface area (Å²) in [6, 6.07) is 0. The molecule has 2 aliphatic heterocycles. The first-order valence-corrected chi connectivity index (χ1v) is 5.82. The molecular formula is C11H21ClN2O2. The molecule has 2 atom stereocenters. The lowest BCUT2D eigenvalue weighted by Gasteiger charge is -2.24. The normalized spacial score (nSPS) is 33.4. The molecule has 2 saturated heterocycles. The van der Waals surface area contributed by atoms with Gasteiger partial charge >= 0.3 is 0 Å². The fraction of sp³-hybridized carbons (Fsp3) is 0.909. The van der Waals surface area contributed by atoms with Crippen LogP contribution in [0.4, 0.5) is 0 Å². The van der Waals surface area contributed by atoms with Crippen LogP contribution >= 0.6 is 12.4 Å². The Bertz CT molecular complexity index is 236. The molecule has 2 rings (SSSR count). The van der Waals surface area contributed by atoms with Crippen LogP contribution in [0.3, 0.4) is 0 Å². The van der Waals surface area contributed by atoms with Crippen molar-refractivity contribution in [3.05, 3.63) is 0 Å². The Morgan fingerprint density at radius 2 is 2.44 bits per heavy atom. The molecule has 0 spiro atoms. The van der Waals surface area contributed by atoms with Crippen LogP contribution in [0.25, 0.3) is 0 Å². The number of carbonyl (C=O) groups is 1. The molecule has 16 heavy (non-hydrogen) atoms. The van der Waals surface area contributed by atoms with Gasteiger partial charge in [-0.25, -0.2) is 0 Å². The van der Waals surface area contributed by atoms with E-state index in [1.54, 1.807) is 0 Å². The molecule has 0 aromatic carbocycles. The molecule has 94 valence electrons. The Morgan fingerprint density at radius 1 is 1.62 bits per heavy atom. The van der Waals surface area contributed by atoms with Crippen molar-refractivity contribution in [1.82, 2.24) is 10.6 Å². The van der Waals surface area contributed by atoms with Crippen LogP contribution in [-0.4, -0.2) is 37.7 Å². The SMILES string of the molecule is CC1(CNC(=O)[C@H]2CCNC2)CCCO1.Cl. The Balaban J connectivity index is 0.00000128. The molecule has 0 aromatic rings. The summed E-state index contributed by atoms with van der Waals surface area (Å²) in [6.45, 7) is 5.35. The van der Waals surface area contributed by atoms with Gasteiger partial charge in [0.15, 0.2) is 0 Å². The summed E-state index contributed by atoms with van der Waals surface area (Å²) in [6.07, 6.45) is 3.12. The fourth-order valence-corrected chi connectivity index (χ4v) is 2.27. The van der Waals surface area contributed by atoms with Gasteiger partial charge in [-0.05, 0) is 32.7 Å². The second-order valence-electron chi connectivity index (χ2n) is 4.81. The second kappa shape index (κ2) is 5.84. The molecule has 5 heteroatoms. The largest absolute Gasteiger partial charge is 0.373 e.